The van der Waals surface area contributed by atoms with Crippen LogP contribution in [-0.4, -0.2) is 28.9 Å². The molecular formula is C19H24N2O4S. The number of methoxy groups -OCH3 is 2. The van der Waals surface area contributed by atoms with Crippen molar-refractivity contribution in [2.24, 2.45) is 11.0 Å². The highest BCUT2D eigenvalue weighted by atomic mass is 32.2. The van der Waals surface area contributed by atoms with E-state index in [9.17, 15) is 8.42 Å². The molecule has 6 nitrogen and oxygen atoms in total. The van der Waals surface area contributed by atoms with E-state index in [0.717, 1.165) is 12.0 Å². The third-order valence-electron chi connectivity index (χ3n) is 3.69. The van der Waals surface area contributed by atoms with Crippen molar-refractivity contribution >= 4 is 16.2 Å². The summed E-state index contributed by atoms with van der Waals surface area (Å²) in [6.45, 7) is 4.24. The molecule has 0 aliphatic carbocycles. The molecule has 0 aliphatic rings. The van der Waals surface area contributed by atoms with Crippen LogP contribution in [0.15, 0.2) is 52.5 Å². The Labute approximate surface area is 154 Å². The quantitative estimate of drug-likeness (QED) is 0.567. The van der Waals surface area contributed by atoms with Gasteiger partial charge in [0.1, 0.15) is 11.5 Å². The third-order valence-corrected chi connectivity index (χ3v) is 4.93. The van der Waals surface area contributed by atoms with E-state index >= 15 is 0 Å². The molecule has 0 saturated heterocycles. The van der Waals surface area contributed by atoms with Crippen LogP contribution in [0.1, 0.15) is 25.0 Å². The average molecular weight is 376 g/mol. The van der Waals surface area contributed by atoms with E-state index in [1.54, 1.807) is 37.4 Å². The van der Waals surface area contributed by atoms with Gasteiger partial charge in [-0.3, -0.25) is 0 Å². The van der Waals surface area contributed by atoms with Gasteiger partial charge >= 0.3 is 0 Å². The molecule has 2 aromatic carbocycles. The smallest absolute Gasteiger partial charge is 0.276 e. The van der Waals surface area contributed by atoms with E-state index in [4.69, 9.17) is 9.47 Å². The van der Waals surface area contributed by atoms with E-state index < -0.39 is 10.0 Å². The van der Waals surface area contributed by atoms with Crippen LogP contribution in [0, 0.1) is 5.92 Å². The Morgan fingerprint density at radius 3 is 2.35 bits per heavy atom. The number of nitrogens with one attached hydrogen (secondary N) is 1. The second-order valence-corrected chi connectivity index (χ2v) is 7.86. The topological polar surface area (TPSA) is 77.0 Å². The summed E-state index contributed by atoms with van der Waals surface area (Å²) >= 11 is 0. The summed E-state index contributed by atoms with van der Waals surface area (Å²) in [6.07, 6.45) is 2.29. The molecule has 0 saturated carbocycles. The Kier molecular flexibility index (Phi) is 6.63. The molecule has 0 aromatic heterocycles. The van der Waals surface area contributed by atoms with Gasteiger partial charge in [-0.25, -0.2) is 4.83 Å². The minimum Gasteiger partial charge on any atom is -0.497 e. The maximum atomic E-state index is 12.4. The second kappa shape index (κ2) is 8.71. The van der Waals surface area contributed by atoms with Gasteiger partial charge in [0.15, 0.2) is 0 Å². The summed E-state index contributed by atoms with van der Waals surface area (Å²) in [4.78, 5) is 2.38. The van der Waals surface area contributed by atoms with Crippen molar-refractivity contribution in [2.45, 2.75) is 25.2 Å². The van der Waals surface area contributed by atoms with Gasteiger partial charge in [-0.05, 0) is 48.2 Å². The van der Waals surface area contributed by atoms with Crippen LogP contribution < -0.4 is 14.3 Å². The first-order valence-electron chi connectivity index (χ1n) is 8.21. The zero-order valence-corrected chi connectivity index (χ0v) is 16.2. The zero-order chi connectivity index (χ0) is 19.2. The van der Waals surface area contributed by atoms with Gasteiger partial charge in [-0.1, -0.05) is 26.0 Å². The lowest BCUT2D eigenvalue weighted by atomic mass is 10.0. The van der Waals surface area contributed by atoms with Gasteiger partial charge in [0.05, 0.1) is 25.3 Å². The fourth-order valence-electron chi connectivity index (χ4n) is 2.43. The first-order chi connectivity index (χ1) is 12.4. The minimum atomic E-state index is -3.73. The summed E-state index contributed by atoms with van der Waals surface area (Å²) < 4.78 is 35.1. The largest absolute Gasteiger partial charge is 0.497 e. The Bertz CT molecular complexity index is 860. The number of benzene rings is 2. The summed E-state index contributed by atoms with van der Waals surface area (Å²) in [6, 6.07) is 12.0. The molecule has 0 atom stereocenters. The van der Waals surface area contributed by atoms with Crippen molar-refractivity contribution in [3.63, 3.8) is 0 Å². The zero-order valence-electron chi connectivity index (χ0n) is 15.4. The lowest BCUT2D eigenvalue weighted by Gasteiger charge is -2.08. The van der Waals surface area contributed by atoms with Crippen LogP contribution in [-0.2, 0) is 16.4 Å². The van der Waals surface area contributed by atoms with Gasteiger partial charge in [0, 0.05) is 5.56 Å². The van der Waals surface area contributed by atoms with Gasteiger partial charge < -0.3 is 9.47 Å². The predicted molar refractivity (Wildman–Crippen MR) is 102 cm³/mol. The highest BCUT2D eigenvalue weighted by molar-refractivity contribution is 7.89. The highest BCUT2D eigenvalue weighted by Gasteiger charge is 2.13. The first-order valence-corrected chi connectivity index (χ1v) is 9.70. The number of nitrogens with zero attached hydrogens (tertiary/aromatic N) is 1. The molecule has 0 aliphatic heterocycles. The molecule has 0 bridgehead atoms. The summed E-state index contributed by atoms with van der Waals surface area (Å²) in [5.74, 6) is 1.70. The Balaban J connectivity index is 2.13. The predicted octanol–water partition coefficient (Wildman–Crippen LogP) is 3.21. The molecule has 26 heavy (non-hydrogen) atoms. The Morgan fingerprint density at radius 2 is 1.77 bits per heavy atom. The molecule has 0 heterocycles. The molecule has 0 spiro atoms. The normalized spacial score (nSPS) is 11.7. The van der Waals surface area contributed by atoms with Gasteiger partial charge in [-0.15, -0.1) is 0 Å². The van der Waals surface area contributed by atoms with E-state index in [0.29, 0.717) is 23.0 Å². The minimum absolute atomic E-state index is 0.166. The number of sulfonamides is 1. The average Bonchev–Trinajstić information content (AvgIpc) is 2.61. The van der Waals surface area contributed by atoms with Gasteiger partial charge in [-0.2, -0.15) is 13.5 Å². The fourth-order valence-corrected chi connectivity index (χ4v) is 3.23. The monoisotopic (exact) mass is 376 g/mol. The number of hydrogen-bond acceptors (Lipinski definition) is 5. The van der Waals surface area contributed by atoms with Gasteiger partial charge in [0.25, 0.3) is 10.0 Å². The molecule has 0 unspecified atom stereocenters. The molecule has 7 heteroatoms. The second-order valence-electron chi connectivity index (χ2n) is 6.20. The molecule has 2 aromatic rings. The summed E-state index contributed by atoms with van der Waals surface area (Å²) in [5.41, 5.74) is 1.70. The van der Waals surface area contributed by atoms with Crippen LogP contribution in [0.4, 0.5) is 0 Å². The molecule has 1 N–H and O–H groups in total. The molecule has 0 fully saturated rings. The van der Waals surface area contributed by atoms with Crippen molar-refractivity contribution in [3.8, 4) is 11.5 Å². The van der Waals surface area contributed by atoms with Crippen molar-refractivity contribution in [1.82, 2.24) is 4.83 Å². The van der Waals surface area contributed by atoms with Crippen molar-refractivity contribution in [2.75, 3.05) is 14.2 Å². The lowest BCUT2D eigenvalue weighted by Crippen LogP contribution is -2.18. The molecule has 0 radical (unpaired) electrons. The highest BCUT2D eigenvalue weighted by Crippen LogP contribution is 2.22. The fraction of sp³-hybridized carbons (Fsp3) is 0.316. The molecule has 140 valence electrons. The van der Waals surface area contributed by atoms with Crippen molar-refractivity contribution < 1.29 is 17.9 Å². The number of ether oxygens (including phenoxy) is 2. The Morgan fingerprint density at radius 1 is 1.08 bits per heavy atom. The summed E-state index contributed by atoms with van der Waals surface area (Å²) in [5, 5.41) is 3.85. The van der Waals surface area contributed by atoms with Crippen LogP contribution in [0.2, 0.25) is 0 Å². The molecule has 0 amide bonds. The van der Waals surface area contributed by atoms with E-state index in [1.165, 1.54) is 13.3 Å². The van der Waals surface area contributed by atoms with Crippen LogP contribution in [0.3, 0.4) is 0 Å². The number of hydrazone groups is 1. The number of rotatable bonds is 8. The molecular weight excluding hydrogens is 352 g/mol. The van der Waals surface area contributed by atoms with E-state index in [2.05, 4.69) is 23.8 Å². The van der Waals surface area contributed by atoms with E-state index in [-0.39, 0.29) is 4.90 Å². The first kappa shape index (κ1) is 19.8. The van der Waals surface area contributed by atoms with E-state index in [1.807, 2.05) is 12.1 Å². The summed E-state index contributed by atoms with van der Waals surface area (Å²) in [7, 11) is -0.651. The Hall–Kier alpha value is -2.54. The lowest BCUT2D eigenvalue weighted by molar-refractivity contribution is 0.402. The van der Waals surface area contributed by atoms with Gasteiger partial charge in [0.2, 0.25) is 0 Å². The SMILES string of the molecule is COc1ccc(OC)c(C=NNS(=O)(=O)c2ccc(CC(C)C)cc2)c1. The third kappa shape index (κ3) is 5.23. The van der Waals surface area contributed by atoms with Crippen molar-refractivity contribution in [1.29, 1.82) is 0 Å². The molecule has 2 rings (SSSR count). The standard InChI is InChI=1S/C19H24N2O4S/c1-14(2)11-15-5-8-18(9-6-15)26(22,23)21-20-13-16-12-17(24-3)7-10-19(16)25-4/h5-10,12-14,21H,11H2,1-4H3. The maximum Gasteiger partial charge on any atom is 0.276 e. The number of hydrogen-bond donors (Lipinski definition) is 1. The van der Waals surface area contributed by atoms with Crippen LogP contribution in [0.5, 0.6) is 11.5 Å². The van der Waals surface area contributed by atoms with Crippen molar-refractivity contribution in [3.05, 3.63) is 53.6 Å². The maximum absolute atomic E-state index is 12.4. The van der Waals surface area contributed by atoms with Crippen LogP contribution >= 0.6 is 0 Å². The van der Waals surface area contributed by atoms with Crippen LogP contribution in [0.25, 0.3) is 0 Å².